The fraction of sp³-hybridized carbons (Fsp3) is 0.321. The maximum absolute atomic E-state index is 13.7. The molecule has 1 aliphatic heterocycles. The van der Waals surface area contributed by atoms with Crippen molar-refractivity contribution in [3.8, 4) is 11.3 Å². The van der Waals surface area contributed by atoms with Crippen LogP contribution in [0.5, 0.6) is 0 Å². The Morgan fingerprint density at radius 2 is 1.69 bits per heavy atom. The fourth-order valence-electron chi connectivity index (χ4n) is 5.26. The third-order valence-electron chi connectivity index (χ3n) is 7.12. The number of aliphatic hydroxyl groups excluding tert-OH is 1. The predicted molar refractivity (Wildman–Crippen MR) is 135 cm³/mol. The van der Waals surface area contributed by atoms with Crippen LogP contribution in [-0.4, -0.2) is 42.1 Å². The summed E-state index contributed by atoms with van der Waals surface area (Å²) in [6.45, 7) is 0. The Labute approximate surface area is 204 Å². The zero-order chi connectivity index (χ0) is 24.5. The summed E-state index contributed by atoms with van der Waals surface area (Å²) in [6, 6.07) is 16.0. The standard InChI is InChI=1S/C28H29N3O4/c1-30(2)21-12-10-20(11-13-21)26(32)24-25(19-6-4-3-5-7-19)31(28(34)27(24)33)22-14-8-18(9-15-22)23-16-17-35-29-23/h8-17,19,25,33H,3-7H2,1-2H3. The number of carbonyl (C=O) groups excluding carboxylic acids is 2. The monoisotopic (exact) mass is 471 g/mol. The molecule has 1 atom stereocenters. The molecule has 7 nitrogen and oxygen atoms in total. The normalized spacial score (nSPS) is 18.9. The van der Waals surface area contributed by atoms with E-state index in [2.05, 4.69) is 5.16 Å². The van der Waals surface area contributed by atoms with E-state index in [4.69, 9.17) is 4.52 Å². The zero-order valence-electron chi connectivity index (χ0n) is 20.0. The van der Waals surface area contributed by atoms with Crippen molar-refractivity contribution in [2.75, 3.05) is 23.9 Å². The van der Waals surface area contributed by atoms with Crippen LogP contribution in [0.1, 0.15) is 42.5 Å². The second-order valence-corrected chi connectivity index (χ2v) is 9.48. The number of aliphatic hydroxyl groups is 1. The molecule has 2 aliphatic rings. The zero-order valence-corrected chi connectivity index (χ0v) is 20.0. The van der Waals surface area contributed by atoms with Gasteiger partial charge in [0.15, 0.2) is 11.5 Å². The molecule has 7 heteroatoms. The van der Waals surface area contributed by atoms with Crippen molar-refractivity contribution in [1.29, 1.82) is 0 Å². The number of amides is 1. The van der Waals surface area contributed by atoms with Crippen molar-refractivity contribution in [2.24, 2.45) is 5.92 Å². The van der Waals surface area contributed by atoms with Crippen molar-refractivity contribution in [3.63, 3.8) is 0 Å². The highest BCUT2D eigenvalue weighted by Crippen LogP contribution is 2.41. The minimum absolute atomic E-state index is 0.104. The van der Waals surface area contributed by atoms with E-state index in [1.807, 2.05) is 55.4 Å². The second kappa shape index (κ2) is 9.41. The van der Waals surface area contributed by atoms with Gasteiger partial charge in [-0.3, -0.25) is 14.5 Å². The van der Waals surface area contributed by atoms with Gasteiger partial charge in [0, 0.05) is 42.7 Å². The molecule has 35 heavy (non-hydrogen) atoms. The van der Waals surface area contributed by atoms with E-state index in [-0.39, 0.29) is 17.3 Å². The molecule has 1 fully saturated rings. The van der Waals surface area contributed by atoms with Gasteiger partial charge in [0.05, 0.1) is 11.6 Å². The SMILES string of the molecule is CN(C)c1ccc(C(=O)C2=C(O)C(=O)N(c3ccc(-c4ccon4)cc3)C2C2CCCCC2)cc1. The molecule has 2 aromatic carbocycles. The van der Waals surface area contributed by atoms with Crippen molar-refractivity contribution in [3.05, 3.63) is 77.8 Å². The van der Waals surface area contributed by atoms with Crippen LogP contribution in [0, 0.1) is 5.92 Å². The van der Waals surface area contributed by atoms with Crippen molar-refractivity contribution in [1.82, 2.24) is 5.16 Å². The van der Waals surface area contributed by atoms with Gasteiger partial charge >= 0.3 is 0 Å². The molecule has 1 N–H and O–H groups in total. The van der Waals surface area contributed by atoms with Gasteiger partial charge in [-0.25, -0.2) is 0 Å². The van der Waals surface area contributed by atoms with Gasteiger partial charge in [-0.15, -0.1) is 0 Å². The number of ketones is 1. The van der Waals surface area contributed by atoms with E-state index in [0.29, 0.717) is 16.9 Å². The van der Waals surface area contributed by atoms with Crippen LogP contribution in [0.2, 0.25) is 0 Å². The van der Waals surface area contributed by atoms with Crippen molar-refractivity contribution >= 4 is 23.1 Å². The number of benzene rings is 2. The first kappa shape index (κ1) is 22.9. The van der Waals surface area contributed by atoms with E-state index in [9.17, 15) is 14.7 Å². The molecule has 2 heterocycles. The summed E-state index contributed by atoms with van der Waals surface area (Å²) >= 11 is 0. The molecule has 1 aromatic heterocycles. The van der Waals surface area contributed by atoms with Gasteiger partial charge in [0.2, 0.25) is 0 Å². The molecule has 1 unspecified atom stereocenters. The highest BCUT2D eigenvalue weighted by molar-refractivity contribution is 6.21. The summed E-state index contributed by atoms with van der Waals surface area (Å²) in [5, 5.41) is 15.0. The lowest BCUT2D eigenvalue weighted by molar-refractivity contribution is -0.117. The number of Topliss-reactive ketones (excluding diaryl/α,β-unsaturated/α-hetero) is 1. The lowest BCUT2D eigenvalue weighted by atomic mass is 9.79. The smallest absolute Gasteiger partial charge is 0.294 e. The largest absolute Gasteiger partial charge is 0.503 e. The van der Waals surface area contributed by atoms with Crippen LogP contribution >= 0.6 is 0 Å². The topological polar surface area (TPSA) is 86.9 Å². The second-order valence-electron chi connectivity index (χ2n) is 9.48. The van der Waals surface area contributed by atoms with Crippen LogP contribution in [-0.2, 0) is 4.79 Å². The van der Waals surface area contributed by atoms with E-state index >= 15 is 0 Å². The minimum atomic E-state index is -0.525. The minimum Gasteiger partial charge on any atom is -0.503 e. The highest BCUT2D eigenvalue weighted by Gasteiger charge is 2.47. The average molecular weight is 472 g/mol. The van der Waals surface area contributed by atoms with E-state index in [1.54, 1.807) is 23.1 Å². The first-order valence-electron chi connectivity index (χ1n) is 12.1. The molecule has 0 spiro atoms. The average Bonchev–Trinajstić information content (AvgIpc) is 3.52. The molecule has 0 bridgehead atoms. The number of rotatable bonds is 6. The molecule has 0 radical (unpaired) electrons. The number of anilines is 2. The first-order chi connectivity index (χ1) is 17.0. The summed E-state index contributed by atoms with van der Waals surface area (Å²) in [5.74, 6) is -1.16. The Hall–Kier alpha value is -3.87. The Balaban J connectivity index is 1.52. The van der Waals surface area contributed by atoms with Gasteiger partial charge < -0.3 is 14.5 Å². The third-order valence-corrected chi connectivity index (χ3v) is 7.12. The molecule has 1 amide bonds. The number of carbonyl (C=O) groups is 2. The molecule has 1 aliphatic carbocycles. The van der Waals surface area contributed by atoms with Gasteiger partial charge in [-0.1, -0.05) is 36.6 Å². The van der Waals surface area contributed by atoms with Crippen LogP contribution in [0.3, 0.4) is 0 Å². The molecule has 0 saturated heterocycles. The van der Waals surface area contributed by atoms with Crippen molar-refractivity contribution in [2.45, 2.75) is 38.1 Å². The number of hydrogen-bond donors (Lipinski definition) is 1. The molecule has 1 saturated carbocycles. The number of aromatic nitrogens is 1. The summed E-state index contributed by atoms with van der Waals surface area (Å²) < 4.78 is 4.93. The van der Waals surface area contributed by atoms with Gasteiger partial charge in [0.25, 0.3) is 5.91 Å². The van der Waals surface area contributed by atoms with E-state index in [1.165, 1.54) is 6.26 Å². The van der Waals surface area contributed by atoms with E-state index in [0.717, 1.165) is 43.4 Å². The summed E-state index contributed by atoms with van der Waals surface area (Å²) in [4.78, 5) is 30.7. The molecule has 5 rings (SSSR count). The van der Waals surface area contributed by atoms with Crippen LogP contribution in [0.4, 0.5) is 11.4 Å². The van der Waals surface area contributed by atoms with Crippen LogP contribution < -0.4 is 9.80 Å². The van der Waals surface area contributed by atoms with Crippen LogP contribution in [0.25, 0.3) is 11.3 Å². The van der Waals surface area contributed by atoms with E-state index < -0.39 is 17.7 Å². The number of nitrogens with zero attached hydrogens (tertiary/aromatic N) is 3. The molecule has 180 valence electrons. The first-order valence-corrected chi connectivity index (χ1v) is 12.1. The van der Waals surface area contributed by atoms with Crippen molar-refractivity contribution < 1.29 is 19.2 Å². The van der Waals surface area contributed by atoms with Crippen LogP contribution in [0.15, 0.2) is 76.7 Å². The lowest BCUT2D eigenvalue weighted by Gasteiger charge is -2.35. The Kier molecular flexibility index (Phi) is 6.16. The summed E-state index contributed by atoms with van der Waals surface area (Å²) in [7, 11) is 3.87. The third kappa shape index (κ3) is 4.22. The molecular formula is C28H29N3O4. The predicted octanol–water partition coefficient (Wildman–Crippen LogP) is 5.40. The Morgan fingerprint density at radius 3 is 2.29 bits per heavy atom. The Bertz CT molecular complexity index is 1240. The summed E-state index contributed by atoms with van der Waals surface area (Å²) in [5.41, 5.74) is 3.85. The van der Waals surface area contributed by atoms with Gasteiger partial charge in [0.1, 0.15) is 12.0 Å². The quantitative estimate of drug-likeness (QED) is 0.485. The maximum Gasteiger partial charge on any atom is 0.294 e. The summed E-state index contributed by atoms with van der Waals surface area (Å²) in [6.07, 6.45) is 6.58. The number of hydrogen-bond acceptors (Lipinski definition) is 6. The highest BCUT2D eigenvalue weighted by atomic mass is 16.5. The van der Waals surface area contributed by atoms with Gasteiger partial charge in [-0.2, -0.15) is 0 Å². The molecule has 3 aromatic rings. The lowest BCUT2D eigenvalue weighted by Crippen LogP contribution is -2.42. The molecular weight excluding hydrogens is 442 g/mol. The Morgan fingerprint density at radius 1 is 1.00 bits per heavy atom. The fourth-order valence-corrected chi connectivity index (χ4v) is 5.26. The van der Waals surface area contributed by atoms with Gasteiger partial charge in [-0.05, 0) is 55.2 Å². The maximum atomic E-state index is 13.7.